The number of nitrogens with zero attached hydrogens (tertiary/aromatic N) is 1. The summed E-state index contributed by atoms with van der Waals surface area (Å²) < 4.78 is 6.71. The first-order valence-electron chi connectivity index (χ1n) is 6.61. The lowest BCUT2D eigenvalue weighted by Gasteiger charge is -2.13. The Labute approximate surface area is 128 Å². The van der Waals surface area contributed by atoms with Gasteiger partial charge in [0.05, 0.1) is 6.10 Å². The molecule has 5 heteroatoms. The number of ether oxygens (including phenoxy) is 1. The summed E-state index contributed by atoms with van der Waals surface area (Å²) in [6, 6.07) is 8.05. The van der Waals surface area contributed by atoms with E-state index in [9.17, 15) is 0 Å². The standard InChI is InChI=1S/C15H20N2OS2/c1-10(2)18-13-6-4-12(5-7-13)14(16)9-20-15-17-11(3)8-19-15/h4-8,10,14H,9,16H2,1-3H3. The topological polar surface area (TPSA) is 48.1 Å². The lowest BCUT2D eigenvalue weighted by molar-refractivity contribution is 0.242. The van der Waals surface area contributed by atoms with Crippen molar-refractivity contribution in [3.05, 3.63) is 40.9 Å². The number of aromatic nitrogens is 1. The monoisotopic (exact) mass is 308 g/mol. The van der Waals surface area contributed by atoms with Crippen LogP contribution in [0.2, 0.25) is 0 Å². The molecule has 2 aromatic rings. The maximum absolute atomic E-state index is 6.22. The van der Waals surface area contributed by atoms with E-state index in [2.05, 4.69) is 10.4 Å². The quantitative estimate of drug-likeness (QED) is 0.819. The van der Waals surface area contributed by atoms with Crippen molar-refractivity contribution in [2.75, 3.05) is 5.75 Å². The van der Waals surface area contributed by atoms with Gasteiger partial charge in [-0.05, 0) is 38.5 Å². The fourth-order valence-corrected chi connectivity index (χ4v) is 3.59. The molecule has 20 heavy (non-hydrogen) atoms. The summed E-state index contributed by atoms with van der Waals surface area (Å²) >= 11 is 3.38. The molecule has 1 heterocycles. The normalized spacial score (nSPS) is 12.7. The lowest BCUT2D eigenvalue weighted by Crippen LogP contribution is -2.13. The molecule has 0 amide bonds. The fraction of sp³-hybridized carbons (Fsp3) is 0.400. The summed E-state index contributed by atoms with van der Waals surface area (Å²) in [4.78, 5) is 4.43. The molecule has 3 nitrogen and oxygen atoms in total. The van der Waals surface area contributed by atoms with E-state index in [0.29, 0.717) is 0 Å². The van der Waals surface area contributed by atoms with E-state index in [1.807, 2.05) is 45.0 Å². The van der Waals surface area contributed by atoms with Crippen molar-refractivity contribution in [3.8, 4) is 5.75 Å². The van der Waals surface area contributed by atoms with Crippen LogP contribution >= 0.6 is 23.1 Å². The molecule has 0 radical (unpaired) electrons. The Hall–Kier alpha value is -1.04. The van der Waals surface area contributed by atoms with Gasteiger partial charge in [-0.15, -0.1) is 11.3 Å². The van der Waals surface area contributed by atoms with Crippen molar-refractivity contribution in [3.63, 3.8) is 0 Å². The van der Waals surface area contributed by atoms with E-state index >= 15 is 0 Å². The van der Waals surface area contributed by atoms with Crippen LogP contribution in [0.5, 0.6) is 5.75 Å². The van der Waals surface area contributed by atoms with Crippen LogP contribution < -0.4 is 10.5 Å². The van der Waals surface area contributed by atoms with E-state index < -0.39 is 0 Å². The smallest absolute Gasteiger partial charge is 0.150 e. The zero-order valence-electron chi connectivity index (χ0n) is 12.0. The van der Waals surface area contributed by atoms with Gasteiger partial charge in [-0.25, -0.2) is 4.98 Å². The van der Waals surface area contributed by atoms with Gasteiger partial charge < -0.3 is 10.5 Å². The Kier molecular flexibility index (Phi) is 5.46. The molecule has 2 rings (SSSR count). The Bertz CT molecular complexity index is 537. The van der Waals surface area contributed by atoms with Crippen LogP contribution in [-0.4, -0.2) is 16.8 Å². The van der Waals surface area contributed by atoms with Crippen molar-refractivity contribution >= 4 is 23.1 Å². The first kappa shape index (κ1) is 15.4. The largest absolute Gasteiger partial charge is 0.491 e. The highest BCUT2D eigenvalue weighted by Crippen LogP contribution is 2.27. The summed E-state index contributed by atoms with van der Waals surface area (Å²) in [6.45, 7) is 6.05. The average Bonchev–Trinajstić information content (AvgIpc) is 2.82. The van der Waals surface area contributed by atoms with Crippen molar-refractivity contribution in [2.24, 2.45) is 5.73 Å². The molecule has 0 aliphatic rings. The number of aryl methyl sites for hydroxylation is 1. The molecule has 0 bridgehead atoms. The van der Waals surface area contributed by atoms with E-state index in [1.165, 1.54) is 0 Å². The lowest BCUT2D eigenvalue weighted by atomic mass is 10.1. The third kappa shape index (κ3) is 4.51. The summed E-state index contributed by atoms with van der Waals surface area (Å²) in [7, 11) is 0. The Morgan fingerprint density at radius 1 is 1.30 bits per heavy atom. The summed E-state index contributed by atoms with van der Waals surface area (Å²) in [5.41, 5.74) is 8.41. The second-order valence-electron chi connectivity index (χ2n) is 4.91. The Morgan fingerprint density at radius 2 is 2.00 bits per heavy atom. The van der Waals surface area contributed by atoms with Gasteiger partial charge in [0.2, 0.25) is 0 Å². The second kappa shape index (κ2) is 7.11. The Balaban J connectivity index is 1.90. The molecule has 108 valence electrons. The van der Waals surface area contributed by atoms with E-state index in [1.54, 1.807) is 23.1 Å². The molecule has 1 atom stereocenters. The van der Waals surface area contributed by atoms with Crippen LogP contribution in [0.1, 0.15) is 31.1 Å². The zero-order valence-corrected chi connectivity index (χ0v) is 13.6. The Morgan fingerprint density at radius 3 is 2.55 bits per heavy atom. The number of rotatable bonds is 6. The predicted octanol–water partition coefficient (Wildman–Crippen LogP) is 4.03. The fourth-order valence-electron chi connectivity index (χ4n) is 1.72. The van der Waals surface area contributed by atoms with Gasteiger partial charge in [-0.1, -0.05) is 23.9 Å². The SMILES string of the molecule is Cc1csc(SCC(N)c2ccc(OC(C)C)cc2)n1. The summed E-state index contributed by atoms with van der Waals surface area (Å²) in [5.74, 6) is 1.72. The molecule has 0 saturated heterocycles. The van der Waals surface area contributed by atoms with Crippen molar-refractivity contribution in [2.45, 2.75) is 37.3 Å². The van der Waals surface area contributed by atoms with Crippen LogP contribution in [0.3, 0.4) is 0 Å². The molecule has 0 aliphatic carbocycles. The van der Waals surface area contributed by atoms with Crippen molar-refractivity contribution < 1.29 is 4.74 Å². The second-order valence-corrected chi connectivity index (χ2v) is 7.03. The van der Waals surface area contributed by atoms with Crippen LogP contribution in [0, 0.1) is 6.92 Å². The van der Waals surface area contributed by atoms with Gasteiger partial charge in [-0.3, -0.25) is 0 Å². The minimum atomic E-state index is 0.0114. The highest BCUT2D eigenvalue weighted by atomic mass is 32.2. The van der Waals surface area contributed by atoms with Gasteiger partial charge >= 0.3 is 0 Å². The zero-order chi connectivity index (χ0) is 14.5. The van der Waals surface area contributed by atoms with Gasteiger partial charge in [0.25, 0.3) is 0 Å². The van der Waals surface area contributed by atoms with Gasteiger partial charge in [0.1, 0.15) is 10.1 Å². The van der Waals surface area contributed by atoms with E-state index in [-0.39, 0.29) is 12.1 Å². The van der Waals surface area contributed by atoms with Gasteiger partial charge in [0, 0.05) is 22.9 Å². The number of thioether (sulfide) groups is 1. The molecule has 1 aromatic heterocycles. The average molecular weight is 308 g/mol. The maximum atomic E-state index is 6.22. The van der Waals surface area contributed by atoms with Gasteiger partial charge in [0.15, 0.2) is 0 Å². The molecule has 0 fully saturated rings. The van der Waals surface area contributed by atoms with Crippen LogP contribution in [0.25, 0.3) is 0 Å². The molecule has 2 N–H and O–H groups in total. The third-order valence-electron chi connectivity index (χ3n) is 2.66. The number of thiazole rings is 1. The number of nitrogens with two attached hydrogens (primary N) is 1. The minimum Gasteiger partial charge on any atom is -0.491 e. The molecule has 0 saturated carbocycles. The van der Waals surface area contributed by atoms with Crippen LogP contribution in [0.15, 0.2) is 34.0 Å². The molecule has 1 unspecified atom stereocenters. The first-order chi connectivity index (χ1) is 9.54. The number of hydrogen-bond donors (Lipinski definition) is 1. The summed E-state index contributed by atoms with van der Waals surface area (Å²) in [5, 5.41) is 2.06. The van der Waals surface area contributed by atoms with Crippen molar-refractivity contribution in [1.82, 2.24) is 4.98 Å². The number of hydrogen-bond acceptors (Lipinski definition) is 5. The van der Waals surface area contributed by atoms with E-state index in [0.717, 1.165) is 27.1 Å². The highest BCUT2D eigenvalue weighted by molar-refractivity contribution is 8.01. The molecular formula is C15H20N2OS2. The van der Waals surface area contributed by atoms with Crippen molar-refractivity contribution in [1.29, 1.82) is 0 Å². The molecule has 1 aromatic carbocycles. The van der Waals surface area contributed by atoms with E-state index in [4.69, 9.17) is 10.5 Å². The van der Waals surface area contributed by atoms with Crippen LogP contribution in [-0.2, 0) is 0 Å². The third-order valence-corrected chi connectivity index (χ3v) is 4.92. The van der Waals surface area contributed by atoms with Gasteiger partial charge in [-0.2, -0.15) is 0 Å². The van der Waals surface area contributed by atoms with Crippen LogP contribution in [0.4, 0.5) is 0 Å². The highest BCUT2D eigenvalue weighted by Gasteiger charge is 2.09. The molecule has 0 aliphatic heterocycles. The first-order valence-corrected chi connectivity index (χ1v) is 8.48. The summed E-state index contributed by atoms with van der Waals surface area (Å²) in [6.07, 6.45) is 0.193. The minimum absolute atomic E-state index is 0.0114. The number of benzene rings is 1. The maximum Gasteiger partial charge on any atom is 0.150 e. The molecular weight excluding hydrogens is 288 g/mol. The predicted molar refractivity (Wildman–Crippen MR) is 86.7 cm³/mol. The molecule has 0 spiro atoms.